The van der Waals surface area contributed by atoms with E-state index in [0.717, 1.165) is 48.0 Å². The van der Waals surface area contributed by atoms with Crippen LogP contribution in [-0.2, 0) is 4.79 Å². The van der Waals surface area contributed by atoms with E-state index in [1.807, 2.05) is 17.5 Å². The highest BCUT2D eigenvalue weighted by molar-refractivity contribution is 8.14. The zero-order valence-corrected chi connectivity index (χ0v) is 15.6. The number of H-pyrrole nitrogens is 1. The fraction of sp³-hybridized carbons (Fsp3) is 0.412. The Morgan fingerprint density at radius 1 is 1.31 bits per heavy atom. The Balaban J connectivity index is 1.48. The maximum absolute atomic E-state index is 12.6. The van der Waals surface area contributed by atoms with Crippen molar-refractivity contribution in [2.24, 2.45) is 0 Å². The summed E-state index contributed by atoms with van der Waals surface area (Å²) < 4.78 is 0. The first-order chi connectivity index (χ1) is 12.6. The summed E-state index contributed by atoms with van der Waals surface area (Å²) in [6.45, 7) is 0. The van der Waals surface area contributed by atoms with Crippen molar-refractivity contribution in [2.75, 3.05) is 5.75 Å². The third kappa shape index (κ3) is 3.28. The van der Waals surface area contributed by atoms with E-state index in [1.165, 1.54) is 4.90 Å². The van der Waals surface area contributed by atoms with Gasteiger partial charge in [0.2, 0.25) is 5.91 Å². The highest BCUT2D eigenvalue weighted by atomic mass is 32.2. The van der Waals surface area contributed by atoms with Gasteiger partial charge in [-0.25, -0.2) is 0 Å². The molecule has 1 aliphatic carbocycles. The van der Waals surface area contributed by atoms with Gasteiger partial charge in [-0.3, -0.25) is 24.4 Å². The molecule has 2 N–H and O–H groups in total. The molecule has 136 valence electrons. The minimum absolute atomic E-state index is 0.161. The number of rotatable bonds is 4. The molecule has 2 fully saturated rings. The second kappa shape index (κ2) is 7.24. The van der Waals surface area contributed by atoms with E-state index in [1.54, 1.807) is 17.4 Å². The highest BCUT2D eigenvalue weighted by Gasteiger charge is 2.41. The Labute approximate surface area is 158 Å². The van der Waals surface area contributed by atoms with Crippen molar-refractivity contribution in [2.45, 2.75) is 37.8 Å². The van der Waals surface area contributed by atoms with E-state index in [-0.39, 0.29) is 34.9 Å². The van der Waals surface area contributed by atoms with Gasteiger partial charge in [-0.05, 0) is 30.4 Å². The van der Waals surface area contributed by atoms with Crippen LogP contribution in [-0.4, -0.2) is 50.0 Å². The van der Waals surface area contributed by atoms with E-state index in [0.29, 0.717) is 5.69 Å². The molecule has 0 unspecified atom stereocenters. The van der Waals surface area contributed by atoms with Crippen LogP contribution in [0.15, 0.2) is 23.6 Å². The van der Waals surface area contributed by atoms with Crippen molar-refractivity contribution in [1.29, 1.82) is 0 Å². The lowest BCUT2D eigenvalue weighted by Crippen LogP contribution is -2.54. The Morgan fingerprint density at radius 3 is 2.88 bits per heavy atom. The Morgan fingerprint density at radius 2 is 2.15 bits per heavy atom. The normalized spacial score (nSPS) is 23.5. The predicted molar refractivity (Wildman–Crippen MR) is 100 cm³/mol. The number of imide groups is 1. The first-order valence-corrected chi connectivity index (χ1v) is 10.4. The third-order valence-electron chi connectivity index (χ3n) is 4.76. The van der Waals surface area contributed by atoms with Crippen LogP contribution >= 0.6 is 23.1 Å². The number of thioether (sulfide) groups is 1. The molecule has 1 saturated heterocycles. The number of carbonyl (C=O) groups excluding carboxylic acids is 3. The fourth-order valence-electron chi connectivity index (χ4n) is 3.51. The molecule has 3 heterocycles. The van der Waals surface area contributed by atoms with E-state index in [9.17, 15) is 14.4 Å². The Hall–Kier alpha value is -2.13. The fourth-order valence-corrected chi connectivity index (χ4v) is 4.97. The van der Waals surface area contributed by atoms with Crippen LogP contribution in [0.3, 0.4) is 0 Å². The van der Waals surface area contributed by atoms with Gasteiger partial charge in [0, 0.05) is 0 Å². The molecule has 7 nitrogen and oxygen atoms in total. The topological polar surface area (TPSA) is 95.2 Å². The van der Waals surface area contributed by atoms with Crippen LogP contribution < -0.4 is 5.32 Å². The molecule has 9 heteroatoms. The molecule has 0 aromatic carbocycles. The van der Waals surface area contributed by atoms with Crippen LogP contribution in [0.4, 0.5) is 4.79 Å². The lowest BCUT2D eigenvalue weighted by Gasteiger charge is -2.36. The number of aromatic amines is 1. The number of aromatic nitrogens is 2. The molecular weight excluding hydrogens is 372 g/mol. The second-order valence-electron chi connectivity index (χ2n) is 6.39. The summed E-state index contributed by atoms with van der Waals surface area (Å²) in [5.74, 6) is -0.252. The van der Waals surface area contributed by atoms with Crippen LogP contribution in [0.2, 0.25) is 0 Å². The van der Waals surface area contributed by atoms with Gasteiger partial charge in [0.15, 0.2) is 5.69 Å². The van der Waals surface area contributed by atoms with Crippen molar-refractivity contribution in [3.05, 3.63) is 29.3 Å². The minimum Gasteiger partial charge on any atom is -0.346 e. The van der Waals surface area contributed by atoms with E-state index >= 15 is 0 Å². The Kier molecular flexibility index (Phi) is 4.82. The van der Waals surface area contributed by atoms with Crippen LogP contribution in [0.1, 0.15) is 36.2 Å². The molecule has 2 aromatic rings. The number of thiophene rings is 1. The van der Waals surface area contributed by atoms with Crippen LogP contribution in [0, 0.1) is 0 Å². The number of amides is 3. The summed E-state index contributed by atoms with van der Waals surface area (Å²) in [5.41, 5.74) is 1.11. The standard InChI is InChI=1S/C17H18N4O3S2/c22-15-9-26-17(24)21(15)13-5-2-1-4-10(13)18-16(23)12-8-11(19-20-12)14-6-3-7-25-14/h3,6-8,10,13H,1-2,4-5,9H2,(H,18,23)(H,19,20)/t10-,13+/m1/s1. The van der Waals surface area contributed by atoms with Gasteiger partial charge in [0.1, 0.15) is 0 Å². The first-order valence-electron chi connectivity index (χ1n) is 8.52. The van der Waals surface area contributed by atoms with Crippen molar-refractivity contribution in [3.8, 4) is 10.6 Å². The molecule has 2 atom stereocenters. The molecule has 2 aliphatic rings. The third-order valence-corrected chi connectivity index (χ3v) is 6.50. The lowest BCUT2D eigenvalue weighted by molar-refractivity contribution is -0.127. The second-order valence-corrected chi connectivity index (χ2v) is 8.27. The van der Waals surface area contributed by atoms with Gasteiger partial charge in [-0.1, -0.05) is 30.7 Å². The van der Waals surface area contributed by atoms with Crippen molar-refractivity contribution in [3.63, 3.8) is 0 Å². The molecule has 3 amide bonds. The average Bonchev–Trinajstić information content (AvgIpc) is 3.37. The van der Waals surface area contributed by atoms with Gasteiger partial charge in [-0.2, -0.15) is 5.10 Å². The SMILES string of the molecule is O=C(N[C@@H]1CCCC[C@@H]1N1C(=O)CSC1=O)c1cc(-c2cccs2)[nH]n1. The molecule has 2 aromatic heterocycles. The number of carbonyl (C=O) groups is 3. The molecule has 0 bridgehead atoms. The number of hydrogen-bond acceptors (Lipinski definition) is 6. The van der Waals surface area contributed by atoms with E-state index < -0.39 is 0 Å². The van der Waals surface area contributed by atoms with Gasteiger partial charge in [0.05, 0.1) is 28.4 Å². The zero-order valence-electron chi connectivity index (χ0n) is 13.9. The van der Waals surface area contributed by atoms with Crippen LogP contribution in [0.25, 0.3) is 10.6 Å². The summed E-state index contributed by atoms with van der Waals surface area (Å²) in [4.78, 5) is 39.1. The maximum Gasteiger partial charge on any atom is 0.289 e. The zero-order chi connectivity index (χ0) is 18.1. The quantitative estimate of drug-likeness (QED) is 0.837. The molecule has 1 saturated carbocycles. The number of nitrogens with one attached hydrogen (secondary N) is 2. The molecule has 1 aliphatic heterocycles. The smallest absolute Gasteiger partial charge is 0.289 e. The van der Waals surface area contributed by atoms with Crippen molar-refractivity contribution < 1.29 is 14.4 Å². The van der Waals surface area contributed by atoms with Crippen molar-refractivity contribution >= 4 is 40.2 Å². The molecule has 4 rings (SSSR count). The molecular formula is C17H18N4O3S2. The lowest BCUT2D eigenvalue weighted by atomic mass is 9.89. The molecule has 0 radical (unpaired) electrons. The summed E-state index contributed by atoms with van der Waals surface area (Å²) in [6.07, 6.45) is 3.39. The minimum atomic E-state index is -0.285. The van der Waals surface area contributed by atoms with Gasteiger partial charge in [0.25, 0.3) is 11.1 Å². The van der Waals surface area contributed by atoms with Gasteiger partial charge < -0.3 is 5.32 Å². The predicted octanol–water partition coefficient (Wildman–Crippen LogP) is 2.87. The van der Waals surface area contributed by atoms with E-state index in [2.05, 4.69) is 15.5 Å². The monoisotopic (exact) mass is 390 g/mol. The number of hydrogen-bond donors (Lipinski definition) is 2. The summed E-state index contributed by atoms with van der Waals surface area (Å²) in [6, 6.07) is 5.12. The Bertz CT molecular complexity index is 817. The molecule has 0 spiro atoms. The first kappa shape index (κ1) is 17.3. The molecule has 26 heavy (non-hydrogen) atoms. The summed E-state index contributed by atoms with van der Waals surface area (Å²) >= 11 is 2.60. The van der Waals surface area contributed by atoms with Crippen LogP contribution in [0.5, 0.6) is 0 Å². The highest BCUT2D eigenvalue weighted by Crippen LogP contribution is 2.30. The summed E-state index contributed by atoms with van der Waals surface area (Å²) in [7, 11) is 0. The maximum atomic E-state index is 12.6. The average molecular weight is 390 g/mol. The van der Waals surface area contributed by atoms with Crippen molar-refractivity contribution in [1.82, 2.24) is 20.4 Å². The van der Waals surface area contributed by atoms with Gasteiger partial charge >= 0.3 is 0 Å². The summed E-state index contributed by atoms with van der Waals surface area (Å²) in [5, 5.41) is 11.7. The van der Waals surface area contributed by atoms with E-state index in [4.69, 9.17) is 0 Å². The number of nitrogens with zero attached hydrogens (tertiary/aromatic N) is 2. The van der Waals surface area contributed by atoms with Gasteiger partial charge in [-0.15, -0.1) is 11.3 Å². The largest absolute Gasteiger partial charge is 0.346 e.